The molecule has 0 aliphatic carbocycles. The molecule has 0 saturated carbocycles. The molecule has 0 aliphatic heterocycles. The lowest BCUT2D eigenvalue weighted by molar-refractivity contribution is 0.0167. The number of rotatable bonds is 4. The van der Waals surface area contributed by atoms with Crippen LogP contribution in [-0.2, 0) is 0 Å². The Morgan fingerprint density at radius 2 is 2.06 bits per heavy atom. The van der Waals surface area contributed by atoms with Gasteiger partial charge in [-0.25, -0.2) is 4.39 Å². The molecule has 0 fully saturated rings. The molecule has 90 valence electrons. The van der Waals surface area contributed by atoms with Crippen molar-refractivity contribution in [1.82, 2.24) is 0 Å². The molecule has 0 radical (unpaired) electrons. The summed E-state index contributed by atoms with van der Waals surface area (Å²) in [7, 11) is 0. The summed E-state index contributed by atoms with van der Waals surface area (Å²) in [5.74, 6) is -0.0718. The number of thiol groups is 1. The van der Waals surface area contributed by atoms with Crippen LogP contribution in [0.25, 0.3) is 0 Å². The average Bonchev–Trinajstić information content (AvgIpc) is 2.22. The lowest BCUT2D eigenvalue weighted by Crippen LogP contribution is -2.20. The molecule has 16 heavy (non-hydrogen) atoms. The zero-order valence-electron chi connectivity index (χ0n) is 9.02. The molecule has 0 amide bonds. The van der Waals surface area contributed by atoms with E-state index in [1.54, 1.807) is 6.92 Å². The molecule has 0 bridgehead atoms. The molecular formula is C11H16FNO2S. The van der Waals surface area contributed by atoms with Gasteiger partial charge in [0.05, 0.1) is 6.10 Å². The highest BCUT2D eigenvalue weighted by Crippen LogP contribution is 2.27. The van der Waals surface area contributed by atoms with Crippen molar-refractivity contribution in [2.75, 3.05) is 11.5 Å². The first kappa shape index (κ1) is 13.3. The second-order valence-corrected chi connectivity index (χ2v) is 4.18. The third kappa shape index (κ3) is 2.87. The molecule has 2 atom stereocenters. The quantitative estimate of drug-likeness (QED) is 0.479. The van der Waals surface area contributed by atoms with E-state index in [1.807, 2.05) is 0 Å². The number of hydrogen-bond donors (Lipinski definition) is 4. The van der Waals surface area contributed by atoms with Gasteiger partial charge in [-0.3, -0.25) is 0 Å². The van der Waals surface area contributed by atoms with Crippen LogP contribution in [0.3, 0.4) is 0 Å². The number of halogens is 1. The standard InChI is InChI=1S/C11H16FNO2S/c1-6-8(4-7(12)5-9(6)13)11(15)10(14)2-3-16/h4-5,10-11,14-16H,2-3,13H2,1H3. The van der Waals surface area contributed by atoms with Gasteiger partial charge >= 0.3 is 0 Å². The van der Waals surface area contributed by atoms with Crippen molar-refractivity contribution in [3.05, 3.63) is 29.1 Å². The van der Waals surface area contributed by atoms with Crippen LogP contribution in [0.2, 0.25) is 0 Å². The summed E-state index contributed by atoms with van der Waals surface area (Å²) in [5.41, 5.74) is 6.77. The lowest BCUT2D eigenvalue weighted by atomic mass is 9.97. The van der Waals surface area contributed by atoms with Crippen LogP contribution >= 0.6 is 12.6 Å². The lowest BCUT2D eigenvalue weighted by Gasteiger charge is -2.20. The molecule has 0 heterocycles. The van der Waals surface area contributed by atoms with E-state index in [-0.39, 0.29) is 5.69 Å². The molecule has 0 aromatic heterocycles. The Bertz CT molecular complexity index is 373. The van der Waals surface area contributed by atoms with Crippen molar-refractivity contribution >= 4 is 18.3 Å². The van der Waals surface area contributed by atoms with Crippen LogP contribution in [0, 0.1) is 12.7 Å². The van der Waals surface area contributed by atoms with Crippen LogP contribution in [0.15, 0.2) is 12.1 Å². The molecule has 2 unspecified atom stereocenters. The highest BCUT2D eigenvalue weighted by atomic mass is 32.1. The van der Waals surface area contributed by atoms with E-state index in [9.17, 15) is 14.6 Å². The van der Waals surface area contributed by atoms with Crippen LogP contribution < -0.4 is 5.73 Å². The van der Waals surface area contributed by atoms with Crippen LogP contribution in [0.1, 0.15) is 23.7 Å². The summed E-state index contributed by atoms with van der Waals surface area (Å²) in [6.07, 6.45) is -1.76. The number of aliphatic hydroxyl groups excluding tert-OH is 2. The smallest absolute Gasteiger partial charge is 0.125 e. The zero-order valence-corrected chi connectivity index (χ0v) is 9.91. The van der Waals surface area contributed by atoms with Gasteiger partial charge in [0.25, 0.3) is 0 Å². The molecule has 0 spiro atoms. The van der Waals surface area contributed by atoms with E-state index >= 15 is 0 Å². The van der Waals surface area contributed by atoms with Crippen molar-refractivity contribution < 1.29 is 14.6 Å². The first-order chi connectivity index (χ1) is 7.47. The van der Waals surface area contributed by atoms with Gasteiger partial charge in [-0.05, 0) is 42.4 Å². The van der Waals surface area contributed by atoms with Crippen LogP contribution in [0.4, 0.5) is 10.1 Å². The van der Waals surface area contributed by atoms with Crippen LogP contribution in [-0.4, -0.2) is 22.1 Å². The monoisotopic (exact) mass is 245 g/mol. The molecule has 3 nitrogen and oxygen atoms in total. The number of anilines is 1. The summed E-state index contributed by atoms with van der Waals surface area (Å²) in [6, 6.07) is 2.38. The minimum atomic E-state index is -1.13. The van der Waals surface area contributed by atoms with E-state index in [1.165, 1.54) is 12.1 Å². The molecule has 1 rings (SSSR count). The molecule has 1 aromatic rings. The van der Waals surface area contributed by atoms with Gasteiger partial charge in [-0.15, -0.1) is 0 Å². The Morgan fingerprint density at radius 1 is 1.44 bits per heavy atom. The minimum absolute atomic E-state index is 0.270. The van der Waals surface area contributed by atoms with Crippen molar-refractivity contribution in [2.24, 2.45) is 0 Å². The van der Waals surface area contributed by atoms with Gasteiger partial charge in [-0.2, -0.15) is 12.6 Å². The Morgan fingerprint density at radius 3 is 2.62 bits per heavy atom. The Labute approximate surface area is 99.5 Å². The first-order valence-electron chi connectivity index (χ1n) is 5.00. The summed E-state index contributed by atoms with van der Waals surface area (Å²) < 4.78 is 13.1. The second kappa shape index (κ2) is 5.52. The van der Waals surface area contributed by atoms with Gasteiger partial charge in [0.15, 0.2) is 0 Å². The van der Waals surface area contributed by atoms with Gasteiger partial charge in [0, 0.05) is 5.69 Å². The number of nitrogen functional groups attached to an aromatic ring is 1. The molecular weight excluding hydrogens is 229 g/mol. The largest absolute Gasteiger partial charge is 0.398 e. The van der Waals surface area contributed by atoms with E-state index < -0.39 is 18.0 Å². The van der Waals surface area contributed by atoms with Crippen LogP contribution in [0.5, 0.6) is 0 Å². The molecule has 1 aromatic carbocycles. The summed E-state index contributed by atoms with van der Waals surface area (Å²) >= 11 is 3.96. The normalized spacial score (nSPS) is 14.8. The predicted octanol–water partition coefficient (Wildman–Crippen LogP) is 1.43. The number of hydrogen-bond acceptors (Lipinski definition) is 4. The maximum atomic E-state index is 13.1. The summed E-state index contributed by atoms with van der Waals surface area (Å²) in [6.45, 7) is 1.68. The molecule has 4 N–H and O–H groups in total. The maximum Gasteiger partial charge on any atom is 0.125 e. The molecule has 0 saturated heterocycles. The first-order valence-corrected chi connectivity index (χ1v) is 5.63. The maximum absolute atomic E-state index is 13.1. The second-order valence-electron chi connectivity index (χ2n) is 3.73. The Balaban J connectivity index is 3.03. The highest BCUT2D eigenvalue weighted by Gasteiger charge is 2.21. The van der Waals surface area contributed by atoms with E-state index in [0.717, 1.165) is 0 Å². The number of aliphatic hydroxyl groups is 2. The summed E-state index contributed by atoms with van der Waals surface area (Å²) in [5, 5.41) is 19.5. The van der Waals surface area contributed by atoms with Crippen molar-refractivity contribution in [3.8, 4) is 0 Å². The number of benzene rings is 1. The molecule has 0 aliphatic rings. The fraction of sp³-hybridized carbons (Fsp3) is 0.455. The van der Waals surface area contributed by atoms with Crippen molar-refractivity contribution in [3.63, 3.8) is 0 Å². The van der Waals surface area contributed by atoms with Crippen molar-refractivity contribution in [2.45, 2.75) is 25.6 Å². The van der Waals surface area contributed by atoms with E-state index in [4.69, 9.17) is 5.73 Å². The third-order valence-corrected chi connectivity index (χ3v) is 2.82. The van der Waals surface area contributed by atoms with Gasteiger partial charge in [0.2, 0.25) is 0 Å². The average molecular weight is 245 g/mol. The topological polar surface area (TPSA) is 66.5 Å². The Hall–Kier alpha value is -0.780. The van der Waals surface area contributed by atoms with E-state index in [2.05, 4.69) is 12.6 Å². The van der Waals surface area contributed by atoms with Gasteiger partial charge in [0.1, 0.15) is 11.9 Å². The van der Waals surface area contributed by atoms with Crippen molar-refractivity contribution in [1.29, 1.82) is 0 Å². The fourth-order valence-electron chi connectivity index (χ4n) is 1.53. The third-order valence-electron chi connectivity index (χ3n) is 2.56. The zero-order chi connectivity index (χ0) is 12.3. The molecule has 5 heteroatoms. The van der Waals surface area contributed by atoms with Gasteiger partial charge in [-0.1, -0.05) is 0 Å². The Kier molecular flexibility index (Phi) is 4.58. The van der Waals surface area contributed by atoms with Gasteiger partial charge < -0.3 is 15.9 Å². The fourth-order valence-corrected chi connectivity index (χ4v) is 1.79. The number of nitrogens with two attached hydrogens (primary N) is 1. The summed E-state index contributed by atoms with van der Waals surface area (Å²) in [4.78, 5) is 0. The highest BCUT2D eigenvalue weighted by molar-refractivity contribution is 7.80. The predicted molar refractivity (Wildman–Crippen MR) is 65.0 cm³/mol. The SMILES string of the molecule is Cc1c(N)cc(F)cc1C(O)C(O)CCS. The van der Waals surface area contributed by atoms with E-state index in [0.29, 0.717) is 23.3 Å². The minimum Gasteiger partial charge on any atom is -0.398 e.